The van der Waals surface area contributed by atoms with Gasteiger partial charge in [-0.05, 0) is 18.2 Å². The molecular weight excluding hydrogens is 344 g/mol. The number of carbonyl (C=O) groups excluding carboxylic acids is 1. The number of nitrogens with zero attached hydrogens (tertiary/aromatic N) is 1. The van der Waals surface area contributed by atoms with Crippen LogP contribution in [0.2, 0.25) is 0 Å². The molecule has 0 aliphatic carbocycles. The minimum Gasteiger partial charge on any atom is -0.380 e. The van der Waals surface area contributed by atoms with E-state index in [4.69, 9.17) is 4.74 Å². The molecule has 0 spiro atoms. The fourth-order valence-corrected chi connectivity index (χ4v) is 3.97. The van der Waals surface area contributed by atoms with Crippen molar-refractivity contribution in [3.63, 3.8) is 0 Å². The van der Waals surface area contributed by atoms with Gasteiger partial charge in [-0.1, -0.05) is 24.3 Å². The highest BCUT2D eigenvalue weighted by Crippen LogP contribution is 2.34. The summed E-state index contributed by atoms with van der Waals surface area (Å²) in [5.74, 6) is -1.02. The van der Waals surface area contributed by atoms with Gasteiger partial charge in [0, 0.05) is 41.9 Å². The van der Waals surface area contributed by atoms with Crippen LogP contribution in [-0.2, 0) is 17.9 Å². The topological polar surface area (TPSA) is 29.5 Å². The zero-order valence-corrected chi connectivity index (χ0v) is 14.7. The molecule has 0 radical (unpaired) electrons. The number of carbonyl (C=O) groups is 1. The van der Waals surface area contributed by atoms with Gasteiger partial charge in [0.25, 0.3) is 5.91 Å². The van der Waals surface area contributed by atoms with Crippen molar-refractivity contribution in [1.29, 1.82) is 0 Å². The maximum atomic E-state index is 14.2. The summed E-state index contributed by atoms with van der Waals surface area (Å²) in [5.41, 5.74) is 0.963. The Labute approximate surface area is 148 Å². The summed E-state index contributed by atoms with van der Waals surface area (Å²) in [6.45, 7) is 0.268. The quantitative estimate of drug-likeness (QED) is 0.665. The molecule has 2 aromatic carbocycles. The molecule has 25 heavy (non-hydrogen) atoms. The lowest BCUT2D eigenvalue weighted by Crippen LogP contribution is -2.26. The van der Waals surface area contributed by atoms with Gasteiger partial charge in [0.15, 0.2) is 0 Å². The van der Waals surface area contributed by atoms with Crippen LogP contribution in [-0.4, -0.2) is 25.0 Å². The van der Waals surface area contributed by atoms with E-state index >= 15 is 0 Å². The maximum Gasteiger partial charge on any atom is 0.264 e. The zero-order chi connectivity index (χ0) is 18.0. The Balaban J connectivity index is 1.97. The standard InChI is InChI=1S/C19H17F2NO2S/c1-22(10-12-6-3-4-7-14(12)20)19(23)18-13(11-24-2)17-15(21)8-5-9-16(17)25-18/h3-9H,10-11H2,1-2H3. The maximum absolute atomic E-state index is 14.2. The van der Waals surface area contributed by atoms with E-state index in [9.17, 15) is 13.6 Å². The Bertz CT molecular complexity index is 923. The Morgan fingerprint density at radius 2 is 1.84 bits per heavy atom. The summed E-state index contributed by atoms with van der Waals surface area (Å²) < 4.78 is 33.9. The van der Waals surface area contributed by atoms with Crippen molar-refractivity contribution in [2.45, 2.75) is 13.2 Å². The van der Waals surface area contributed by atoms with E-state index in [1.807, 2.05) is 0 Å². The van der Waals surface area contributed by atoms with E-state index in [-0.39, 0.29) is 30.7 Å². The van der Waals surface area contributed by atoms with Gasteiger partial charge in [0.1, 0.15) is 11.6 Å². The number of amides is 1. The van der Waals surface area contributed by atoms with Crippen molar-refractivity contribution in [3.8, 4) is 0 Å². The van der Waals surface area contributed by atoms with Crippen LogP contribution in [0.25, 0.3) is 10.1 Å². The van der Waals surface area contributed by atoms with Crippen LogP contribution in [0.5, 0.6) is 0 Å². The molecule has 130 valence electrons. The fourth-order valence-electron chi connectivity index (χ4n) is 2.75. The summed E-state index contributed by atoms with van der Waals surface area (Å²) in [6, 6.07) is 11.1. The second-order valence-corrected chi connectivity index (χ2v) is 6.76. The highest BCUT2D eigenvalue weighted by molar-refractivity contribution is 7.21. The van der Waals surface area contributed by atoms with Crippen LogP contribution in [0.4, 0.5) is 8.78 Å². The largest absolute Gasteiger partial charge is 0.380 e. The molecule has 0 atom stereocenters. The van der Waals surface area contributed by atoms with Gasteiger partial charge in [-0.3, -0.25) is 4.79 Å². The minimum absolute atomic E-state index is 0.134. The average Bonchev–Trinajstić information content (AvgIpc) is 2.96. The number of benzene rings is 2. The van der Waals surface area contributed by atoms with Crippen molar-refractivity contribution in [2.75, 3.05) is 14.2 Å². The molecule has 0 unspecified atom stereocenters. The van der Waals surface area contributed by atoms with Crippen LogP contribution in [0, 0.1) is 11.6 Å². The first kappa shape index (κ1) is 17.5. The van der Waals surface area contributed by atoms with Gasteiger partial charge in [0.2, 0.25) is 0 Å². The van der Waals surface area contributed by atoms with Gasteiger partial charge in [-0.15, -0.1) is 11.3 Å². The Kier molecular flexibility index (Phi) is 5.11. The molecule has 1 amide bonds. The van der Waals surface area contributed by atoms with Crippen molar-refractivity contribution in [2.24, 2.45) is 0 Å². The van der Waals surface area contributed by atoms with Gasteiger partial charge in [-0.25, -0.2) is 8.78 Å². The SMILES string of the molecule is COCc1c(C(=O)N(C)Cc2ccccc2F)sc2cccc(F)c12. The van der Waals surface area contributed by atoms with Gasteiger partial charge in [-0.2, -0.15) is 0 Å². The van der Waals surface area contributed by atoms with E-state index in [1.54, 1.807) is 37.4 Å². The van der Waals surface area contributed by atoms with E-state index < -0.39 is 0 Å². The molecule has 0 saturated carbocycles. The predicted octanol–water partition coefficient (Wildman–Crippen LogP) is 4.60. The number of fused-ring (bicyclic) bond motifs is 1. The molecule has 0 saturated heterocycles. The molecule has 0 N–H and O–H groups in total. The second kappa shape index (κ2) is 7.29. The third-order valence-electron chi connectivity index (χ3n) is 3.96. The van der Waals surface area contributed by atoms with Crippen LogP contribution >= 0.6 is 11.3 Å². The molecule has 1 aromatic heterocycles. The van der Waals surface area contributed by atoms with E-state index in [1.165, 1.54) is 35.5 Å². The smallest absolute Gasteiger partial charge is 0.264 e. The zero-order valence-electron chi connectivity index (χ0n) is 13.9. The van der Waals surface area contributed by atoms with E-state index in [0.29, 0.717) is 26.1 Å². The van der Waals surface area contributed by atoms with E-state index in [2.05, 4.69) is 0 Å². The Hall–Kier alpha value is -2.31. The predicted molar refractivity (Wildman–Crippen MR) is 94.7 cm³/mol. The summed E-state index contributed by atoms with van der Waals surface area (Å²) in [5, 5.41) is 0.414. The van der Waals surface area contributed by atoms with E-state index in [0.717, 1.165) is 0 Å². The highest BCUT2D eigenvalue weighted by atomic mass is 32.1. The normalized spacial score (nSPS) is 11.0. The summed E-state index contributed by atoms with van der Waals surface area (Å²) in [6.07, 6.45) is 0. The second-order valence-electron chi connectivity index (χ2n) is 5.71. The summed E-state index contributed by atoms with van der Waals surface area (Å²) >= 11 is 1.22. The molecule has 0 aliphatic heterocycles. The number of methoxy groups -OCH3 is 1. The first-order valence-electron chi connectivity index (χ1n) is 7.70. The van der Waals surface area contributed by atoms with Crippen LogP contribution in [0.1, 0.15) is 20.8 Å². The lowest BCUT2D eigenvalue weighted by Gasteiger charge is -2.17. The Morgan fingerprint density at radius 1 is 1.12 bits per heavy atom. The van der Waals surface area contributed by atoms with Crippen LogP contribution in [0.3, 0.4) is 0 Å². The fraction of sp³-hybridized carbons (Fsp3) is 0.211. The molecular formula is C19H17F2NO2S. The highest BCUT2D eigenvalue weighted by Gasteiger charge is 2.23. The molecule has 6 heteroatoms. The summed E-state index contributed by atoms with van der Waals surface area (Å²) in [7, 11) is 3.10. The third kappa shape index (κ3) is 3.41. The lowest BCUT2D eigenvalue weighted by molar-refractivity contribution is 0.0784. The third-order valence-corrected chi connectivity index (χ3v) is 5.14. The van der Waals surface area contributed by atoms with Crippen molar-refractivity contribution in [1.82, 2.24) is 4.90 Å². The molecule has 1 heterocycles. The van der Waals surface area contributed by atoms with Gasteiger partial charge in [0.05, 0.1) is 11.5 Å². The number of thiophene rings is 1. The minimum atomic E-state index is -0.378. The molecule has 3 rings (SSSR count). The lowest BCUT2D eigenvalue weighted by atomic mass is 10.1. The molecule has 0 bridgehead atoms. The first-order chi connectivity index (χ1) is 12.0. The monoisotopic (exact) mass is 361 g/mol. The number of halogens is 2. The van der Waals surface area contributed by atoms with Crippen molar-refractivity contribution >= 4 is 27.3 Å². The van der Waals surface area contributed by atoms with Gasteiger partial charge >= 0.3 is 0 Å². The number of rotatable bonds is 5. The number of ether oxygens (including phenoxy) is 1. The van der Waals surface area contributed by atoms with Crippen LogP contribution < -0.4 is 0 Å². The van der Waals surface area contributed by atoms with Crippen molar-refractivity contribution < 1.29 is 18.3 Å². The van der Waals surface area contributed by atoms with Crippen molar-refractivity contribution in [3.05, 3.63) is 70.1 Å². The average molecular weight is 361 g/mol. The first-order valence-corrected chi connectivity index (χ1v) is 8.52. The molecule has 3 nitrogen and oxygen atoms in total. The molecule has 0 aliphatic rings. The van der Waals surface area contributed by atoms with Gasteiger partial charge < -0.3 is 9.64 Å². The number of hydrogen-bond donors (Lipinski definition) is 0. The molecule has 0 fully saturated rings. The Morgan fingerprint density at radius 3 is 2.56 bits per heavy atom. The van der Waals surface area contributed by atoms with Crippen LogP contribution in [0.15, 0.2) is 42.5 Å². The number of hydrogen-bond acceptors (Lipinski definition) is 3. The summed E-state index contributed by atoms with van der Waals surface area (Å²) in [4.78, 5) is 14.7. The molecule has 3 aromatic rings.